The Bertz CT molecular complexity index is 302. The smallest absolute Gasteiger partial charge is 0.407 e. The first kappa shape index (κ1) is 17.2. The molecule has 0 bridgehead atoms. The highest BCUT2D eigenvalue weighted by Gasteiger charge is 2.19. The summed E-state index contributed by atoms with van der Waals surface area (Å²) >= 11 is 0. The first-order valence-corrected chi connectivity index (χ1v) is 7.68. The van der Waals surface area contributed by atoms with Gasteiger partial charge in [0.05, 0.1) is 0 Å². The van der Waals surface area contributed by atoms with Crippen molar-refractivity contribution in [2.75, 3.05) is 26.7 Å². The molecule has 1 saturated heterocycles. The number of rotatable bonds is 5. The number of nitrogens with zero attached hydrogens (tertiary/aromatic N) is 1. The fraction of sp³-hybridized carbons (Fsp3) is 0.933. The molecule has 0 aromatic heterocycles. The van der Waals surface area contributed by atoms with Crippen LogP contribution < -0.4 is 10.6 Å². The van der Waals surface area contributed by atoms with Crippen LogP contribution in [0.25, 0.3) is 0 Å². The predicted molar refractivity (Wildman–Crippen MR) is 82.0 cm³/mol. The minimum atomic E-state index is -0.442. The molecule has 1 aliphatic heterocycles. The molecule has 0 saturated carbocycles. The Morgan fingerprint density at radius 3 is 2.70 bits per heavy atom. The van der Waals surface area contributed by atoms with Gasteiger partial charge in [0.1, 0.15) is 5.60 Å². The highest BCUT2D eigenvalue weighted by atomic mass is 16.6. The van der Waals surface area contributed by atoms with E-state index in [1.807, 2.05) is 27.7 Å². The molecular weight excluding hydrogens is 254 g/mol. The van der Waals surface area contributed by atoms with E-state index in [2.05, 4.69) is 22.6 Å². The minimum Gasteiger partial charge on any atom is -0.444 e. The molecule has 1 amide bonds. The molecule has 1 aliphatic rings. The van der Waals surface area contributed by atoms with Crippen LogP contribution in [0.5, 0.6) is 0 Å². The third-order valence-electron chi connectivity index (χ3n) is 3.52. The molecule has 2 atom stereocenters. The van der Waals surface area contributed by atoms with Crippen LogP contribution in [0.4, 0.5) is 4.79 Å². The molecule has 0 aromatic rings. The van der Waals surface area contributed by atoms with Crippen molar-refractivity contribution in [2.24, 2.45) is 0 Å². The Labute approximate surface area is 123 Å². The number of carbonyl (C=O) groups is 1. The van der Waals surface area contributed by atoms with Gasteiger partial charge in [-0.1, -0.05) is 6.42 Å². The molecule has 1 heterocycles. The summed E-state index contributed by atoms with van der Waals surface area (Å²) in [6.45, 7) is 10.5. The van der Waals surface area contributed by atoms with Gasteiger partial charge in [-0.2, -0.15) is 0 Å². The fourth-order valence-electron chi connectivity index (χ4n) is 2.43. The lowest BCUT2D eigenvalue weighted by molar-refractivity contribution is 0.0507. The highest BCUT2D eigenvalue weighted by Crippen LogP contribution is 2.13. The van der Waals surface area contributed by atoms with Gasteiger partial charge in [-0.15, -0.1) is 0 Å². The quantitative estimate of drug-likeness (QED) is 0.811. The molecule has 0 aliphatic carbocycles. The monoisotopic (exact) mass is 285 g/mol. The maximum Gasteiger partial charge on any atom is 0.407 e. The predicted octanol–water partition coefficient (Wildman–Crippen LogP) is 1.97. The standard InChI is InChI=1S/C15H31N3O2/c1-12(17-14(19)20-15(2,3)4)10-16-11-13-8-6-7-9-18(13)5/h12-13,16H,6-11H2,1-5H3,(H,17,19). The van der Waals surface area contributed by atoms with Crippen LogP contribution >= 0.6 is 0 Å². The summed E-state index contributed by atoms with van der Waals surface area (Å²) in [6.07, 6.45) is 3.55. The van der Waals surface area contributed by atoms with E-state index in [-0.39, 0.29) is 12.1 Å². The van der Waals surface area contributed by atoms with Crippen LogP contribution in [0.3, 0.4) is 0 Å². The molecule has 0 radical (unpaired) electrons. The van der Waals surface area contributed by atoms with Crippen molar-refractivity contribution in [1.29, 1.82) is 0 Å². The van der Waals surface area contributed by atoms with E-state index in [0.29, 0.717) is 6.04 Å². The summed E-state index contributed by atoms with van der Waals surface area (Å²) in [5.74, 6) is 0. The molecule has 1 rings (SSSR count). The molecule has 118 valence electrons. The number of hydrogen-bond donors (Lipinski definition) is 2. The van der Waals surface area contributed by atoms with Crippen LogP contribution in [0.1, 0.15) is 47.0 Å². The second kappa shape index (κ2) is 7.84. The average Bonchev–Trinajstić information content (AvgIpc) is 2.28. The third-order valence-corrected chi connectivity index (χ3v) is 3.52. The van der Waals surface area contributed by atoms with Crippen LogP contribution in [0, 0.1) is 0 Å². The summed E-state index contributed by atoms with van der Waals surface area (Å²) in [4.78, 5) is 14.0. The molecule has 0 aromatic carbocycles. The number of amides is 1. The van der Waals surface area contributed by atoms with Gasteiger partial charge in [-0.25, -0.2) is 4.79 Å². The van der Waals surface area contributed by atoms with E-state index in [4.69, 9.17) is 4.74 Å². The fourth-order valence-corrected chi connectivity index (χ4v) is 2.43. The van der Waals surface area contributed by atoms with E-state index in [1.165, 1.54) is 25.8 Å². The van der Waals surface area contributed by atoms with Gasteiger partial charge in [-0.05, 0) is 54.1 Å². The van der Waals surface area contributed by atoms with E-state index >= 15 is 0 Å². The first-order valence-electron chi connectivity index (χ1n) is 7.68. The zero-order chi connectivity index (χ0) is 15.2. The zero-order valence-corrected chi connectivity index (χ0v) is 13.7. The summed E-state index contributed by atoms with van der Waals surface area (Å²) < 4.78 is 5.24. The van der Waals surface area contributed by atoms with Gasteiger partial charge in [0, 0.05) is 25.2 Å². The number of carbonyl (C=O) groups excluding carboxylic acids is 1. The summed E-state index contributed by atoms with van der Waals surface area (Å²) in [6, 6.07) is 0.691. The Morgan fingerprint density at radius 2 is 2.10 bits per heavy atom. The van der Waals surface area contributed by atoms with Gasteiger partial charge in [0.2, 0.25) is 0 Å². The number of likely N-dealkylation sites (N-methyl/N-ethyl adjacent to an activating group) is 1. The lowest BCUT2D eigenvalue weighted by Crippen LogP contribution is -2.47. The third kappa shape index (κ3) is 7.10. The Morgan fingerprint density at radius 1 is 1.40 bits per heavy atom. The molecule has 2 unspecified atom stereocenters. The van der Waals surface area contributed by atoms with Gasteiger partial charge >= 0.3 is 6.09 Å². The van der Waals surface area contributed by atoms with Crippen LogP contribution in [-0.2, 0) is 4.74 Å². The average molecular weight is 285 g/mol. The topological polar surface area (TPSA) is 53.6 Å². The van der Waals surface area contributed by atoms with Crippen LogP contribution in [-0.4, -0.2) is 55.4 Å². The SMILES string of the molecule is CC(CNCC1CCCCN1C)NC(=O)OC(C)(C)C. The van der Waals surface area contributed by atoms with Crippen molar-refractivity contribution in [3.63, 3.8) is 0 Å². The van der Waals surface area contributed by atoms with Crippen LogP contribution in [0.2, 0.25) is 0 Å². The number of hydrogen-bond acceptors (Lipinski definition) is 4. The van der Waals surface area contributed by atoms with Crippen molar-refractivity contribution >= 4 is 6.09 Å². The number of ether oxygens (including phenoxy) is 1. The van der Waals surface area contributed by atoms with E-state index < -0.39 is 5.60 Å². The summed E-state index contributed by atoms with van der Waals surface area (Å²) in [5, 5.41) is 6.29. The zero-order valence-electron chi connectivity index (χ0n) is 13.7. The molecule has 2 N–H and O–H groups in total. The highest BCUT2D eigenvalue weighted by molar-refractivity contribution is 5.68. The van der Waals surface area contributed by atoms with Crippen molar-refractivity contribution in [3.05, 3.63) is 0 Å². The van der Waals surface area contributed by atoms with Gasteiger partial charge in [0.25, 0.3) is 0 Å². The van der Waals surface area contributed by atoms with Gasteiger partial charge in [-0.3, -0.25) is 0 Å². The minimum absolute atomic E-state index is 0.0683. The van der Waals surface area contributed by atoms with E-state index in [9.17, 15) is 4.79 Å². The van der Waals surface area contributed by atoms with Crippen molar-refractivity contribution in [3.8, 4) is 0 Å². The number of likely N-dealkylation sites (tertiary alicyclic amines) is 1. The van der Waals surface area contributed by atoms with Crippen molar-refractivity contribution in [2.45, 2.75) is 64.6 Å². The maximum atomic E-state index is 11.6. The number of alkyl carbamates (subject to hydrolysis) is 1. The normalized spacial score (nSPS) is 22.4. The molecule has 0 spiro atoms. The van der Waals surface area contributed by atoms with Gasteiger partial charge in [0.15, 0.2) is 0 Å². The summed E-state index contributed by atoms with van der Waals surface area (Å²) in [5.41, 5.74) is -0.442. The lowest BCUT2D eigenvalue weighted by Gasteiger charge is -2.33. The van der Waals surface area contributed by atoms with Crippen LogP contribution in [0.15, 0.2) is 0 Å². The van der Waals surface area contributed by atoms with Gasteiger partial charge < -0.3 is 20.3 Å². The molecular formula is C15H31N3O2. The second-order valence-corrected chi connectivity index (χ2v) is 6.84. The number of nitrogens with one attached hydrogen (secondary N) is 2. The molecule has 20 heavy (non-hydrogen) atoms. The van der Waals surface area contributed by atoms with E-state index in [1.54, 1.807) is 0 Å². The molecule has 5 heteroatoms. The molecule has 1 fully saturated rings. The number of piperidine rings is 1. The first-order chi connectivity index (χ1) is 9.28. The second-order valence-electron chi connectivity index (χ2n) is 6.84. The van der Waals surface area contributed by atoms with Crippen molar-refractivity contribution < 1.29 is 9.53 Å². The largest absolute Gasteiger partial charge is 0.444 e. The Hall–Kier alpha value is -0.810. The molecule has 5 nitrogen and oxygen atoms in total. The lowest BCUT2D eigenvalue weighted by atomic mass is 10.0. The Kier molecular flexibility index (Phi) is 6.76. The summed E-state index contributed by atoms with van der Waals surface area (Å²) in [7, 11) is 2.19. The van der Waals surface area contributed by atoms with Crippen molar-refractivity contribution in [1.82, 2.24) is 15.5 Å². The maximum absolute atomic E-state index is 11.6. The Balaban J connectivity index is 2.16. The van der Waals surface area contributed by atoms with E-state index in [0.717, 1.165) is 13.1 Å².